The normalized spacial score (nSPS) is 20.9. The van der Waals surface area contributed by atoms with E-state index in [4.69, 9.17) is 11.6 Å². The molecule has 2 aromatic rings. The molecule has 2 aliphatic heterocycles. The van der Waals surface area contributed by atoms with Crippen molar-refractivity contribution in [2.24, 2.45) is 11.3 Å². The first-order valence-corrected chi connectivity index (χ1v) is 13.6. The summed E-state index contributed by atoms with van der Waals surface area (Å²) in [5.41, 5.74) is 2.42. The second kappa shape index (κ2) is 11.4. The number of hydrogen-bond donors (Lipinski definition) is 0. The molecule has 0 bridgehead atoms. The molecule has 2 unspecified atom stereocenters. The van der Waals surface area contributed by atoms with E-state index in [2.05, 4.69) is 73.0 Å². The van der Waals surface area contributed by atoms with E-state index in [1.54, 1.807) is 6.92 Å². The first-order chi connectivity index (χ1) is 17.1. The van der Waals surface area contributed by atoms with Gasteiger partial charge in [-0.1, -0.05) is 74.8 Å². The third kappa shape index (κ3) is 6.30. The van der Waals surface area contributed by atoms with Crippen LogP contribution in [0.5, 0.6) is 0 Å². The molecule has 6 heteroatoms. The summed E-state index contributed by atoms with van der Waals surface area (Å²) < 4.78 is 0. The van der Waals surface area contributed by atoms with Crippen LogP contribution < -0.4 is 0 Å². The van der Waals surface area contributed by atoms with Gasteiger partial charge in [-0.15, -0.1) is 0 Å². The molecule has 194 valence electrons. The molecule has 36 heavy (non-hydrogen) atoms. The smallest absolute Gasteiger partial charge is 0.223 e. The Morgan fingerprint density at radius 2 is 1.53 bits per heavy atom. The summed E-state index contributed by atoms with van der Waals surface area (Å²) in [6, 6.07) is 19.0. The highest BCUT2D eigenvalue weighted by Crippen LogP contribution is 2.36. The van der Waals surface area contributed by atoms with Crippen molar-refractivity contribution in [3.05, 3.63) is 70.7 Å². The van der Waals surface area contributed by atoms with Gasteiger partial charge in [0, 0.05) is 57.1 Å². The van der Waals surface area contributed by atoms with E-state index >= 15 is 0 Å². The van der Waals surface area contributed by atoms with E-state index in [0.29, 0.717) is 12.3 Å². The van der Waals surface area contributed by atoms with E-state index in [9.17, 15) is 9.59 Å². The molecule has 2 aromatic carbocycles. The molecule has 2 atom stereocenters. The molecule has 2 fully saturated rings. The van der Waals surface area contributed by atoms with Crippen molar-refractivity contribution in [1.82, 2.24) is 14.7 Å². The van der Waals surface area contributed by atoms with E-state index in [0.717, 1.165) is 50.6 Å². The van der Waals surface area contributed by atoms with Gasteiger partial charge < -0.3 is 9.80 Å². The Kier molecular flexibility index (Phi) is 8.41. The van der Waals surface area contributed by atoms with Gasteiger partial charge in [0.15, 0.2) is 0 Å². The van der Waals surface area contributed by atoms with Crippen LogP contribution in [0.3, 0.4) is 0 Å². The van der Waals surface area contributed by atoms with Crippen LogP contribution in [0.2, 0.25) is 5.02 Å². The van der Waals surface area contributed by atoms with Crippen LogP contribution in [0, 0.1) is 11.3 Å². The molecule has 2 heterocycles. The fraction of sp³-hybridized carbons (Fsp3) is 0.533. The van der Waals surface area contributed by atoms with Crippen LogP contribution in [0.25, 0.3) is 0 Å². The lowest BCUT2D eigenvalue weighted by atomic mass is 9.82. The van der Waals surface area contributed by atoms with Crippen molar-refractivity contribution in [2.45, 2.75) is 59.0 Å². The predicted octanol–water partition coefficient (Wildman–Crippen LogP) is 5.64. The SMILES string of the molecule is CC(=O)N1CCC(CC(=O)N2CCN(C(c3ccccc3)c3ccc(Cl)cc3)CC2C(C)(C)C)CC1. The van der Waals surface area contributed by atoms with Crippen molar-refractivity contribution < 1.29 is 9.59 Å². The van der Waals surface area contributed by atoms with Crippen molar-refractivity contribution in [3.63, 3.8) is 0 Å². The highest BCUT2D eigenvalue weighted by Gasteiger charge is 2.40. The predicted molar refractivity (Wildman–Crippen MR) is 146 cm³/mol. The van der Waals surface area contributed by atoms with Gasteiger partial charge in [-0.05, 0) is 47.4 Å². The summed E-state index contributed by atoms with van der Waals surface area (Å²) >= 11 is 6.21. The summed E-state index contributed by atoms with van der Waals surface area (Å²) in [5.74, 6) is 0.758. The molecule has 0 radical (unpaired) electrons. The van der Waals surface area contributed by atoms with Gasteiger partial charge in [0.25, 0.3) is 0 Å². The van der Waals surface area contributed by atoms with Crippen molar-refractivity contribution in [2.75, 3.05) is 32.7 Å². The fourth-order valence-corrected chi connectivity index (χ4v) is 5.92. The summed E-state index contributed by atoms with van der Waals surface area (Å²) in [6.07, 6.45) is 2.41. The summed E-state index contributed by atoms with van der Waals surface area (Å²) in [4.78, 5) is 31.9. The Bertz CT molecular complexity index is 1030. The standard InChI is InChI=1S/C30H40ClN3O2/c1-22(35)32-16-14-23(15-17-32)20-28(36)34-19-18-33(21-27(34)30(2,3)4)29(24-8-6-5-7-9-24)25-10-12-26(31)13-11-25/h5-13,23,27,29H,14-21H2,1-4H3. The summed E-state index contributed by atoms with van der Waals surface area (Å²) in [6.45, 7) is 12.3. The number of piperidine rings is 1. The minimum Gasteiger partial charge on any atom is -0.343 e. The van der Waals surface area contributed by atoms with Gasteiger partial charge in [0.2, 0.25) is 11.8 Å². The molecular weight excluding hydrogens is 470 g/mol. The zero-order chi connectivity index (χ0) is 25.9. The maximum atomic E-state index is 13.6. The lowest BCUT2D eigenvalue weighted by Crippen LogP contribution is -2.60. The highest BCUT2D eigenvalue weighted by atomic mass is 35.5. The monoisotopic (exact) mass is 509 g/mol. The lowest BCUT2D eigenvalue weighted by Gasteiger charge is -2.50. The lowest BCUT2D eigenvalue weighted by molar-refractivity contribution is -0.141. The first kappa shape index (κ1) is 26.7. The molecule has 2 amide bonds. The number of piperazine rings is 1. The van der Waals surface area contributed by atoms with Crippen molar-refractivity contribution in [3.8, 4) is 0 Å². The van der Waals surface area contributed by atoms with E-state index < -0.39 is 0 Å². The maximum absolute atomic E-state index is 13.6. The number of carbonyl (C=O) groups is 2. The molecule has 5 nitrogen and oxygen atoms in total. The molecule has 0 N–H and O–H groups in total. The highest BCUT2D eigenvalue weighted by molar-refractivity contribution is 6.30. The number of hydrogen-bond acceptors (Lipinski definition) is 3. The Labute approximate surface area is 221 Å². The molecule has 4 rings (SSSR count). The van der Waals surface area contributed by atoms with Gasteiger partial charge in [0.1, 0.15) is 0 Å². The average molecular weight is 510 g/mol. The fourth-order valence-electron chi connectivity index (χ4n) is 5.79. The number of nitrogens with zero attached hydrogens (tertiary/aromatic N) is 3. The number of rotatable bonds is 5. The van der Waals surface area contributed by atoms with Crippen LogP contribution in [-0.4, -0.2) is 65.3 Å². The largest absolute Gasteiger partial charge is 0.343 e. The van der Waals surface area contributed by atoms with Crippen LogP contribution >= 0.6 is 11.6 Å². The van der Waals surface area contributed by atoms with Gasteiger partial charge in [0.05, 0.1) is 6.04 Å². The Hall–Kier alpha value is -2.37. The number of likely N-dealkylation sites (tertiary alicyclic amines) is 1. The second-order valence-corrected chi connectivity index (χ2v) is 11.9. The number of amides is 2. The number of halogens is 1. The van der Waals surface area contributed by atoms with E-state index in [1.807, 2.05) is 17.0 Å². The van der Waals surface area contributed by atoms with Crippen molar-refractivity contribution >= 4 is 23.4 Å². The molecule has 0 spiro atoms. The van der Waals surface area contributed by atoms with Crippen LogP contribution in [0.1, 0.15) is 64.1 Å². The van der Waals surface area contributed by atoms with Gasteiger partial charge in [-0.3, -0.25) is 14.5 Å². The summed E-state index contributed by atoms with van der Waals surface area (Å²) in [7, 11) is 0. The third-order valence-corrected chi connectivity index (χ3v) is 8.17. The second-order valence-electron chi connectivity index (χ2n) is 11.5. The average Bonchev–Trinajstić information content (AvgIpc) is 2.86. The molecule has 0 saturated carbocycles. The van der Waals surface area contributed by atoms with Crippen LogP contribution in [0.4, 0.5) is 0 Å². The zero-order valence-electron chi connectivity index (χ0n) is 22.1. The first-order valence-electron chi connectivity index (χ1n) is 13.2. The molecule has 2 aliphatic rings. The minimum atomic E-state index is -0.0481. The van der Waals surface area contributed by atoms with Gasteiger partial charge in [-0.25, -0.2) is 0 Å². The van der Waals surface area contributed by atoms with Crippen LogP contribution in [0.15, 0.2) is 54.6 Å². The molecule has 0 aromatic heterocycles. The van der Waals surface area contributed by atoms with Gasteiger partial charge in [-0.2, -0.15) is 0 Å². The van der Waals surface area contributed by atoms with E-state index in [-0.39, 0.29) is 29.3 Å². The topological polar surface area (TPSA) is 43.9 Å². The third-order valence-electron chi connectivity index (χ3n) is 7.92. The Balaban J connectivity index is 1.52. The number of benzene rings is 2. The Morgan fingerprint density at radius 3 is 2.11 bits per heavy atom. The molecule has 2 saturated heterocycles. The van der Waals surface area contributed by atoms with Crippen molar-refractivity contribution in [1.29, 1.82) is 0 Å². The quantitative estimate of drug-likeness (QED) is 0.524. The Morgan fingerprint density at radius 1 is 0.917 bits per heavy atom. The molecular formula is C30H40ClN3O2. The maximum Gasteiger partial charge on any atom is 0.223 e. The van der Waals surface area contributed by atoms with Gasteiger partial charge >= 0.3 is 0 Å². The number of carbonyl (C=O) groups excluding carboxylic acids is 2. The van der Waals surface area contributed by atoms with Crippen LogP contribution in [-0.2, 0) is 9.59 Å². The summed E-state index contributed by atoms with van der Waals surface area (Å²) in [5, 5.41) is 0.739. The minimum absolute atomic E-state index is 0.0481. The van der Waals surface area contributed by atoms with E-state index in [1.165, 1.54) is 11.1 Å². The molecule has 0 aliphatic carbocycles. The zero-order valence-corrected chi connectivity index (χ0v) is 22.9.